The smallest absolute Gasteiger partial charge is 0.341 e. The van der Waals surface area contributed by atoms with Gasteiger partial charge >= 0.3 is 20.4 Å². The van der Waals surface area contributed by atoms with Crippen LogP contribution >= 0.6 is 0 Å². The summed E-state index contributed by atoms with van der Waals surface area (Å²) in [6.07, 6.45) is 5.71. The number of para-hydroxylation sites is 4. The zero-order valence-electron chi connectivity index (χ0n) is 29.2. The Morgan fingerprint density at radius 2 is 0.796 bits per heavy atom. The molecule has 54 heavy (non-hydrogen) atoms. The van der Waals surface area contributed by atoms with Gasteiger partial charge in [0.2, 0.25) is 0 Å². The summed E-state index contributed by atoms with van der Waals surface area (Å²) in [5.41, 5.74) is 5.50. The molecule has 268 valence electrons. The first-order valence-electron chi connectivity index (χ1n) is 17.0. The molecular formula is C43H32F2N8Pd. The van der Waals surface area contributed by atoms with Crippen molar-refractivity contribution >= 4 is 34.1 Å². The molecule has 0 amide bonds. The fourth-order valence-electron chi connectivity index (χ4n) is 6.22. The fraction of sp³-hybridized carbons (Fsp3) is 0.0698. The minimum absolute atomic E-state index is 0. The number of nitrogens with zero attached hydrogens (tertiary/aromatic N) is 8. The van der Waals surface area contributed by atoms with Crippen LogP contribution in [0.5, 0.6) is 0 Å². The molecule has 11 heteroatoms. The van der Waals surface area contributed by atoms with E-state index in [0.717, 1.165) is 34.1 Å². The quantitative estimate of drug-likeness (QED) is 0.101. The van der Waals surface area contributed by atoms with Crippen LogP contribution in [0.3, 0.4) is 0 Å². The molecule has 0 aliphatic rings. The van der Waals surface area contributed by atoms with E-state index in [2.05, 4.69) is 32.4 Å². The average molecular weight is 805 g/mol. The second-order valence-electron chi connectivity index (χ2n) is 12.8. The number of halogens is 2. The van der Waals surface area contributed by atoms with Crippen molar-refractivity contribution in [2.24, 2.45) is 0 Å². The van der Waals surface area contributed by atoms with Crippen molar-refractivity contribution in [3.05, 3.63) is 193 Å². The molecule has 0 fully saturated rings. The summed E-state index contributed by atoms with van der Waals surface area (Å²) < 4.78 is 31.3. The normalized spacial score (nSPS) is 11.2. The van der Waals surface area contributed by atoms with Gasteiger partial charge < -0.3 is 19.2 Å². The Morgan fingerprint density at radius 1 is 0.481 bits per heavy atom. The van der Waals surface area contributed by atoms with Gasteiger partial charge in [0.25, 0.3) is 0 Å². The van der Waals surface area contributed by atoms with Gasteiger partial charge in [-0.3, -0.25) is 18.7 Å². The first-order valence-corrected chi connectivity index (χ1v) is 17.0. The summed E-state index contributed by atoms with van der Waals surface area (Å²) in [5.74, 6) is -0.630. The van der Waals surface area contributed by atoms with Gasteiger partial charge in [-0.1, -0.05) is 85.2 Å². The Labute approximate surface area is 325 Å². The topological polar surface area (TPSA) is 67.9 Å². The molecule has 0 N–H and O–H groups in total. The summed E-state index contributed by atoms with van der Waals surface area (Å²) in [6.45, 7) is 4.04. The third kappa shape index (κ3) is 7.33. The molecule has 8 nitrogen and oxygen atoms in total. The molecule has 4 aromatic heterocycles. The molecule has 0 saturated carbocycles. The van der Waals surface area contributed by atoms with Crippen LogP contribution in [0.2, 0.25) is 0 Å². The number of benzene rings is 4. The standard InChI is InChI=1S/C43H32F2N8.Pd/c1-43(2,37-27-35(29-41(46-37)50-25-23-39(44)48-50)52(31-15-7-3-8-16-31)32-17-9-4-10-18-32)38-28-36(30-42(47-38)51-26-24-40(45)49-51)53(33-19-11-5-12-20-33)34-21-13-6-14-22-34;/h3-24,27-30H,1-2H3;/q-2;+2. The zero-order chi connectivity index (χ0) is 36.4. The predicted octanol–water partition coefficient (Wildman–Crippen LogP) is 9.99. The van der Waals surface area contributed by atoms with Crippen molar-refractivity contribution in [2.75, 3.05) is 9.80 Å². The van der Waals surface area contributed by atoms with Gasteiger partial charge in [0.05, 0.1) is 11.6 Å². The van der Waals surface area contributed by atoms with Crippen LogP contribution in [0.25, 0.3) is 11.6 Å². The van der Waals surface area contributed by atoms with Crippen molar-refractivity contribution in [3.63, 3.8) is 0 Å². The summed E-state index contributed by atoms with van der Waals surface area (Å²) in [6, 6.07) is 49.9. The molecule has 0 saturated heterocycles. The maximum atomic E-state index is 14.4. The van der Waals surface area contributed by atoms with Crippen LogP contribution in [0.4, 0.5) is 42.9 Å². The number of hydrogen-bond donors (Lipinski definition) is 0. The van der Waals surface area contributed by atoms with Gasteiger partial charge in [0.15, 0.2) is 0 Å². The monoisotopic (exact) mass is 804 g/mol. The molecule has 0 spiro atoms. The number of aromatic nitrogens is 6. The van der Waals surface area contributed by atoms with Crippen LogP contribution in [-0.4, -0.2) is 29.5 Å². The molecule has 0 aliphatic heterocycles. The van der Waals surface area contributed by atoms with Crippen molar-refractivity contribution in [1.82, 2.24) is 29.5 Å². The Morgan fingerprint density at radius 3 is 1.07 bits per heavy atom. The third-order valence-corrected chi connectivity index (χ3v) is 8.88. The van der Waals surface area contributed by atoms with E-state index in [0.29, 0.717) is 23.0 Å². The van der Waals surface area contributed by atoms with Gasteiger partial charge in [-0.15, -0.1) is 12.1 Å². The maximum Gasteiger partial charge on any atom is 2.00 e. The van der Waals surface area contributed by atoms with Crippen molar-refractivity contribution in [3.8, 4) is 11.6 Å². The van der Waals surface area contributed by atoms with E-state index >= 15 is 0 Å². The van der Waals surface area contributed by atoms with Crippen molar-refractivity contribution < 1.29 is 29.2 Å². The molecule has 8 aromatic rings. The van der Waals surface area contributed by atoms with E-state index in [1.54, 1.807) is 0 Å². The van der Waals surface area contributed by atoms with E-state index in [9.17, 15) is 8.78 Å². The van der Waals surface area contributed by atoms with Gasteiger partial charge in [0.1, 0.15) is 11.9 Å². The largest absolute Gasteiger partial charge is 2.00 e. The van der Waals surface area contributed by atoms with Gasteiger partial charge in [-0.05, 0) is 86.6 Å². The summed E-state index contributed by atoms with van der Waals surface area (Å²) in [4.78, 5) is 14.3. The van der Waals surface area contributed by atoms with Gasteiger partial charge in [-0.2, -0.15) is 0 Å². The Balaban J connectivity index is 0.00000450. The second kappa shape index (κ2) is 15.4. The number of anilines is 6. The molecule has 0 bridgehead atoms. The van der Waals surface area contributed by atoms with Gasteiger partial charge in [0, 0.05) is 50.9 Å². The number of hydrogen-bond acceptors (Lipinski definition) is 6. The van der Waals surface area contributed by atoms with Crippen LogP contribution in [0, 0.1) is 24.3 Å². The number of rotatable bonds is 10. The van der Waals surface area contributed by atoms with E-state index < -0.39 is 17.3 Å². The number of pyridine rings is 2. The molecule has 4 aromatic carbocycles. The van der Waals surface area contributed by atoms with E-state index in [-0.39, 0.29) is 20.4 Å². The van der Waals surface area contributed by atoms with Gasteiger partial charge in [-0.25, -0.2) is 10.2 Å². The van der Waals surface area contributed by atoms with Crippen LogP contribution in [-0.2, 0) is 25.8 Å². The minimum atomic E-state index is -0.898. The average Bonchev–Trinajstić information content (AvgIpc) is 3.84. The van der Waals surface area contributed by atoms with E-state index in [4.69, 9.17) is 9.97 Å². The fourth-order valence-corrected chi connectivity index (χ4v) is 6.22. The Kier molecular flexibility index (Phi) is 10.3. The minimum Gasteiger partial charge on any atom is -0.341 e. The Bertz CT molecular complexity index is 2220. The van der Waals surface area contributed by atoms with Crippen LogP contribution < -0.4 is 9.80 Å². The van der Waals surface area contributed by atoms with Crippen LogP contribution in [0.1, 0.15) is 25.2 Å². The third-order valence-electron chi connectivity index (χ3n) is 8.88. The predicted molar refractivity (Wildman–Crippen MR) is 202 cm³/mol. The summed E-state index contributed by atoms with van der Waals surface area (Å²) in [7, 11) is 0. The zero-order valence-corrected chi connectivity index (χ0v) is 30.7. The first kappa shape index (κ1) is 36.1. The molecule has 0 radical (unpaired) electrons. The molecule has 0 aliphatic carbocycles. The van der Waals surface area contributed by atoms with E-state index in [1.165, 1.54) is 21.5 Å². The SMILES string of the molecule is CC(C)(c1cc(N(c2ccccc2)c2ccccc2)cc(-n2[c-]cc(F)n2)n1)c1cc(N(c2ccccc2)c2ccccc2)cc(-n2[c-]cc(F)n2)n1.[Pd+2]. The molecule has 8 rings (SSSR count). The molecule has 0 unspecified atom stereocenters. The summed E-state index contributed by atoms with van der Waals surface area (Å²) in [5, 5.41) is 8.05. The second-order valence-corrected chi connectivity index (χ2v) is 12.8. The first-order chi connectivity index (χ1) is 25.8. The maximum absolute atomic E-state index is 14.4. The van der Waals surface area contributed by atoms with Crippen molar-refractivity contribution in [1.29, 1.82) is 0 Å². The molecule has 0 atom stereocenters. The van der Waals surface area contributed by atoms with E-state index in [1.807, 2.05) is 159 Å². The molecular weight excluding hydrogens is 773 g/mol. The van der Waals surface area contributed by atoms with Crippen LogP contribution in [0.15, 0.2) is 158 Å². The molecule has 4 heterocycles. The Hall–Kier alpha value is -6.28. The summed E-state index contributed by atoms with van der Waals surface area (Å²) >= 11 is 0. The van der Waals surface area contributed by atoms with Crippen molar-refractivity contribution in [2.45, 2.75) is 19.3 Å².